The average molecular weight is 429 g/mol. The van der Waals surface area contributed by atoms with E-state index in [4.69, 9.17) is 0 Å². The van der Waals surface area contributed by atoms with E-state index in [1.807, 2.05) is 35.2 Å². The molecule has 2 aromatic carbocycles. The summed E-state index contributed by atoms with van der Waals surface area (Å²) >= 11 is 2.87. The second-order valence-corrected chi connectivity index (χ2v) is 9.12. The number of likely N-dealkylation sites (tertiary alicyclic amines) is 1. The average Bonchev–Trinajstić information content (AvgIpc) is 3.44. The number of amides is 1. The molecular weight excluding hydrogens is 407 g/mol. The molecule has 1 aliphatic heterocycles. The van der Waals surface area contributed by atoms with Crippen molar-refractivity contribution in [3.05, 3.63) is 71.5 Å². The van der Waals surface area contributed by atoms with Crippen LogP contribution >= 0.6 is 23.1 Å². The fraction of sp³-hybridized carbons (Fsp3) is 0.286. The van der Waals surface area contributed by atoms with Gasteiger partial charge in [0, 0.05) is 19.6 Å². The maximum Gasteiger partial charge on any atom is 0.240 e. The van der Waals surface area contributed by atoms with Gasteiger partial charge in [0.15, 0.2) is 4.34 Å². The second-order valence-electron chi connectivity index (χ2n) is 6.79. The van der Waals surface area contributed by atoms with Crippen LogP contribution in [0, 0.1) is 5.82 Å². The van der Waals surface area contributed by atoms with Crippen molar-refractivity contribution in [1.29, 1.82) is 0 Å². The van der Waals surface area contributed by atoms with Gasteiger partial charge in [-0.2, -0.15) is 0 Å². The quantitative estimate of drug-likeness (QED) is 0.551. The summed E-state index contributed by atoms with van der Waals surface area (Å²) in [5, 5.41) is 12.0. The van der Waals surface area contributed by atoms with Crippen LogP contribution in [0.4, 0.5) is 9.52 Å². The number of anilines is 1. The van der Waals surface area contributed by atoms with Crippen LogP contribution in [-0.4, -0.2) is 34.1 Å². The van der Waals surface area contributed by atoms with Crippen LogP contribution in [0.25, 0.3) is 0 Å². The Hall–Kier alpha value is -2.45. The van der Waals surface area contributed by atoms with Gasteiger partial charge in [0.2, 0.25) is 11.0 Å². The molecule has 0 bridgehead atoms. The molecule has 1 N–H and O–H groups in total. The molecule has 29 heavy (non-hydrogen) atoms. The SMILES string of the molecule is O=C(C(Sc1nnc(NCc2ccc(F)cc2)s1)c1ccccc1)N1CCCC1. The number of nitrogens with one attached hydrogen (secondary N) is 1. The third-order valence-electron chi connectivity index (χ3n) is 4.73. The molecule has 1 fully saturated rings. The van der Waals surface area contributed by atoms with E-state index < -0.39 is 0 Å². The second kappa shape index (κ2) is 9.37. The first kappa shape index (κ1) is 19.8. The van der Waals surface area contributed by atoms with Crippen LogP contribution in [0.1, 0.15) is 29.2 Å². The van der Waals surface area contributed by atoms with E-state index in [-0.39, 0.29) is 17.0 Å². The Kier molecular flexibility index (Phi) is 6.41. The number of carbonyl (C=O) groups is 1. The monoisotopic (exact) mass is 428 g/mol. The lowest BCUT2D eigenvalue weighted by Gasteiger charge is -2.22. The van der Waals surface area contributed by atoms with Crippen molar-refractivity contribution < 1.29 is 9.18 Å². The van der Waals surface area contributed by atoms with Crippen LogP contribution in [-0.2, 0) is 11.3 Å². The zero-order chi connectivity index (χ0) is 20.1. The highest BCUT2D eigenvalue weighted by Crippen LogP contribution is 2.39. The topological polar surface area (TPSA) is 58.1 Å². The molecule has 8 heteroatoms. The van der Waals surface area contributed by atoms with E-state index in [1.165, 1.54) is 35.2 Å². The highest BCUT2D eigenvalue weighted by Gasteiger charge is 2.29. The van der Waals surface area contributed by atoms with Crippen molar-refractivity contribution in [1.82, 2.24) is 15.1 Å². The summed E-state index contributed by atoms with van der Waals surface area (Å²) in [6.07, 6.45) is 2.13. The van der Waals surface area contributed by atoms with Gasteiger partial charge in [0.25, 0.3) is 0 Å². The van der Waals surface area contributed by atoms with E-state index in [2.05, 4.69) is 15.5 Å². The van der Waals surface area contributed by atoms with Crippen molar-refractivity contribution in [3.8, 4) is 0 Å². The molecule has 2 heterocycles. The molecule has 0 radical (unpaired) electrons. The van der Waals surface area contributed by atoms with Gasteiger partial charge < -0.3 is 10.2 Å². The summed E-state index contributed by atoms with van der Waals surface area (Å²) in [5.74, 6) is -0.118. The number of benzene rings is 2. The summed E-state index contributed by atoms with van der Waals surface area (Å²) in [7, 11) is 0. The first-order valence-electron chi connectivity index (χ1n) is 9.51. The van der Waals surface area contributed by atoms with Gasteiger partial charge in [-0.05, 0) is 36.1 Å². The number of aromatic nitrogens is 2. The molecule has 1 unspecified atom stereocenters. The minimum atomic E-state index is -0.327. The fourth-order valence-electron chi connectivity index (χ4n) is 3.20. The van der Waals surface area contributed by atoms with Crippen LogP contribution in [0.5, 0.6) is 0 Å². The maximum atomic E-state index is 13.1. The summed E-state index contributed by atoms with van der Waals surface area (Å²) in [5.41, 5.74) is 1.94. The number of thioether (sulfide) groups is 1. The van der Waals surface area contributed by atoms with Crippen LogP contribution in [0.3, 0.4) is 0 Å². The number of hydrogen-bond acceptors (Lipinski definition) is 6. The molecule has 1 amide bonds. The fourth-order valence-corrected chi connectivity index (χ4v) is 5.23. The minimum absolute atomic E-state index is 0.134. The Balaban J connectivity index is 1.45. The molecule has 150 valence electrons. The smallest absolute Gasteiger partial charge is 0.240 e. The Labute approximate surface area is 177 Å². The van der Waals surface area contributed by atoms with Crippen molar-refractivity contribution in [2.45, 2.75) is 29.0 Å². The van der Waals surface area contributed by atoms with E-state index in [0.29, 0.717) is 11.7 Å². The lowest BCUT2D eigenvalue weighted by molar-refractivity contribution is -0.129. The van der Waals surface area contributed by atoms with Crippen molar-refractivity contribution >= 4 is 34.1 Å². The molecule has 0 saturated carbocycles. The first-order valence-corrected chi connectivity index (χ1v) is 11.2. The predicted octanol–water partition coefficient (Wildman–Crippen LogP) is 4.75. The van der Waals surface area contributed by atoms with Gasteiger partial charge in [0.05, 0.1) is 0 Å². The van der Waals surface area contributed by atoms with Crippen molar-refractivity contribution in [3.63, 3.8) is 0 Å². The molecule has 1 saturated heterocycles. The van der Waals surface area contributed by atoms with Gasteiger partial charge in [-0.3, -0.25) is 4.79 Å². The molecule has 0 aliphatic carbocycles. The van der Waals surface area contributed by atoms with E-state index in [0.717, 1.165) is 41.4 Å². The normalized spacial score (nSPS) is 14.7. The predicted molar refractivity (Wildman–Crippen MR) is 114 cm³/mol. The molecule has 3 aromatic rings. The summed E-state index contributed by atoms with van der Waals surface area (Å²) in [6, 6.07) is 16.2. The molecule has 0 spiro atoms. The Bertz CT molecular complexity index is 943. The van der Waals surface area contributed by atoms with Crippen molar-refractivity contribution in [2.24, 2.45) is 0 Å². The lowest BCUT2D eigenvalue weighted by atomic mass is 10.1. The minimum Gasteiger partial charge on any atom is -0.356 e. The van der Waals surface area contributed by atoms with Gasteiger partial charge in [0.1, 0.15) is 11.1 Å². The molecular formula is C21H21FN4OS2. The molecule has 4 rings (SSSR count). The Morgan fingerprint density at radius 2 is 1.83 bits per heavy atom. The zero-order valence-corrected chi connectivity index (χ0v) is 17.4. The zero-order valence-electron chi connectivity index (χ0n) is 15.8. The van der Waals surface area contributed by atoms with Crippen LogP contribution in [0.2, 0.25) is 0 Å². The number of hydrogen-bond donors (Lipinski definition) is 1. The van der Waals surface area contributed by atoms with Gasteiger partial charge >= 0.3 is 0 Å². The third-order valence-corrected chi connectivity index (χ3v) is 6.93. The van der Waals surface area contributed by atoms with Gasteiger partial charge in [-0.1, -0.05) is 65.6 Å². The highest BCUT2D eigenvalue weighted by atomic mass is 32.2. The maximum absolute atomic E-state index is 13.1. The van der Waals surface area contributed by atoms with Crippen LogP contribution < -0.4 is 5.32 Å². The first-order chi connectivity index (χ1) is 14.2. The Morgan fingerprint density at radius 3 is 2.55 bits per heavy atom. The molecule has 1 atom stereocenters. The largest absolute Gasteiger partial charge is 0.356 e. The number of nitrogens with zero attached hydrogens (tertiary/aromatic N) is 3. The molecule has 5 nitrogen and oxygen atoms in total. The summed E-state index contributed by atoms with van der Waals surface area (Å²) in [4.78, 5) is 15.1. The molecule has 1 aromatic heterocycles. The molecule has 1 aliphatic rings. The Morgan fingerprint density at radius 1 is 1.10 bits per heavy atom. The van der Waals surface area contributed by atoms with Crippen LogP contribution in [0.15, 0.2) is 58.9 Å². The summed E-state index contributed by atoms with van der Waals surface area (Å²) < 4.78 is 13.8. The van der Waals surface area contributed by atoms with Crippen molar-refractivity contribution in [2.75, 3.05) is 18.4 Å². The highest BCUT2D eigenvalue weighted by molar-refractivity contribution is 8.01. The van der Waals surface area contributed by atoms with Gasteiger partial charge in [-0.25, -0.2) is 4.39 Å². The van der Waals surface area contributed by atoms with Gasteiger partial charge in [-0.15, -0.1) is 10.2 Å². The number of halogens is 1. The van der Waals surface area contributed by atoms with E-state index >= 15 is 0 Å². The standard InChI is InChI=1S/C21H21FN4OS2/c22-17-10-8-15(9-11-17)14-23-20-24-25-21(29-20)28-18(16-6-2-1-3-7-16)19(27)26-12-4-5-13-26/h1-3,6-11,18H,4-5,12-14H2,(H,23,24). The summed E-state index contributed by atoms with van der Waals surface area (Å²) in [6.45, 7) is 2.18. The number of carbonyl (C=O) groups excluding carboxylic acids is 1. The third kappa shape index (κ3) is 5.13. The number of rotatable bonds is 7. The lowest BCUT2D eigenvalue weighted by Crippen LogP contribution is -2.31. The van der Waals surface area contributed by atoms with E-state index in [9.17, 15) is 9.18 Å². The van der Waals surface area contributed by atoms with E-state index in [1.54, 1.807) is 12.1 Å².